The summed E-state index contributed by atoms with van der Waals surface area (Å²) in [6, 6.07) is 2.20. The molecule has 8 heteroatoms. The molecule has 0 fully saturated rings. The van der Waals surface area contributed by atoms with Crippen LogP contribution in [0.15, 0.2) is 6.20 Å². The maximum Gasteiger partial charge on any atom is 0.223 e. The topological polar surface area (TPSA) is 101 Å². The van der Waals surface area contributed by atoms with Crippen LogP contribution in [0.3, 0.4) is 0 Å². The summed E-state index contributed by atoms with van der Waals surface area (Å²) in [7, 11) is 1.66. The van der Waals surface area contributed by atoms with E-state index in [0.717, 1.165) is 34.0 Å². The van der Waals surface area contributed by atoms with Crippen molar-refractivity contribution in [3.63, 3.8) is 0 Å². The number of hydrogen-bond acceptors (Lipinski definition) is 7. The summed E-state index contributed by atoms with van der Waals surface area (Å²) in [5.41, 5.74) is 9.58. The van der Waals surface area contributed by atoms with E-state index in [9.17, 15) is 0 Å². The summed E-state index contributed by atoms with van der Waals surface area (Å²) < 4.78 is 5.50. The number of ether oxygens (including phenoxy) is 1. The van der Waals surface area contributed by atoms with Gasteiger partial charge in [-0.15, -0.1) is 0 Å². The first-order valence-electron chi connectivity index (χ1n) is 8.40. The summed E-state index contributed by atoms with van der Waals surface area (Å²) >= 11 is 6.34. The Balaban J connectivity index is 1.97. The number of anilines is 2. The fraction of sp³-hybridized carbons (Fsp3) is 0.444. The number of pyridine rings is 1. The van der Waals surface area contributed by atoms with Gasteiger partial charge in [0.05, 0.1) is 25.4 Å². The van der Waals surface area contributed by atoms with Gasteiger partial charge in [0.15, 0.2) is 0 Å². The van der Waals surface area contributed by atoms with Crippen LogP contribution in [0, 0.1) is 25.2 Å². The number of fused-ring (bicyclic) bond motifs is 1. The van der Waals surface area contributed by atoms with Gasteiger partial charge in [0.2, 0.25) is 5.95 Å². The molecule has 1 atom stereocenters. The van der Waals surface area contributed by atoms with Gasteiger partial charge in [-0.1, -0.05) is 11.6 Å². The standard InChI is InChI=1S/C18H21ClN6O/c1-10-7-22-13(11(2)15(10)26-3)9-25-8-12(5-4-6-20)14-16(19)23-18(21)24-17(14)25/h7,12H,4-5,8-9H2,1-3H3,(H2,21,23,24). The zero-order valence-corrected chi connectivity index (χ0v) is 15.8. The Labute approximate surface area is 157 Å². The Morgan fingerprint density at radius 1 is 1.42 bits per heavy atom. The number of nitrogens with zero attached hydrogens (tertiary/aromatic N) is 5. The normalized spacial score (nSPS) is 15.7. The van der Waals surface area contributed by atoms with Crippen LogP contribution < -0.4 is 15.4 Å². The van der Waals surface area contributed by atoms with Crippen molar-refractivity contribution in [3.8, 4) is 11.8 Å². The number of halogens is 1. The molecular formula is C18H21ClN6O. The van der Waals surface area contributed by atoms with E-state index in [1.54, 1.807) is 7.11 Å². The first-order valence-corrected chi connectivity index (χ1v) is 8.77. The molecule has 3 rings (SSSR count). The van der Waals surface area contributed by atoms with E-state index in [1.807, 2.05) is 20.0 Å². The number of nitriles is 1. The minimum absolute atomic E-state index is 0.102. The molecule has 0 radical (unpaired) electrons. The molecule has 2 N–H and O–H groups in total. The number of nitrogens with two attached hydrogens (primary N) is 1. The number of nitrogen functional groups attached to an aromatic ring is 1. The fourth-order valence-corrected chi connectivity index (χ4v) is 3.83. The molecule has 1 aliphatic heterocycles. The van der Waals surface area contributed by atoms with Crippen molar-refractivity contribution in [2.75, 3.05) is 24.3 Å². The average Bonchev–Trinajstić information content (AvgIpc) is 2.93. The maximum absolute atomic E-state index is 8.94. The lowest BCUT2D eigenvalue weighted by molar-refractivity contribution is 0.406. The number of rotatable bonds is 5. The second-order valence-electron chi connectivity index (χ2n) is 6.43. The third-order valence-corrected chi connectivity index (χ3v) is 5.03. The van der Waals surface area contributed by atoms with Crippen molar-refractivity contribution in [1.29, 1.82) is 5.26 Å². The van der Waals surface area contributed by atoms with Crippen molar-refractivity contribution in [2.24, 2.45) is 0 Å². The summed E-state index contributed by atoms with van der Waals surface area (Å²) in [6.07, 6.45) is 2.97. The third-order valence-electron chi connectivity index (χ3n) is 4.74. The van der Waals surface area contributed by atoms with E-state index < -0.39 is 0 Å². The Morgan fingerprint density at radius 2 is 2.19 bits per heavy atom. The fourth-order valence-electron chi connectivity index (χ4n) is 3.51. The molecule has 0 aliphatic carbocycles. The highest BCUT2D eigenvalue weighted by atomic mass is 35.5. The average molecular weight is 373 g/mol. The van der Waals surface area contributed by atoms with Crippen LogP contribution >= 0.6 is 11.6 Å². The number of methoxy groups -OCH3 is 1. The predicted molar refractivity (Wildman–Crippen MR) is 100 cm³/mol. The second-order valence-corrected chi connectivity index (χ2v) is 6.79. The molecule has 3 heterocycles. The molecular weight excluding hydrogens is 352 g/mol. The second kappa shape index (κ2) is 7.34. The predicted octanol–water partition coefficient (Wildman–Crippen LogP) is 3.14. The van der Waals surface area contributed by atoms with E-state index in [2.05, 4.69) is 25.9 Å². The molecule has 136 valence electrons. The number of hydrogen-bond donors (Lipinski definition) is 1. The lowest BCUT2D eigenvalue weighted by Crippen LogP contribution is -2.23. The summed E-state index contributed by atoms with van der Waals surface area (Å²) in [5.74, 6) is 1.82. The van der Waals surface area contributed by atoms with E-state index >= 15 is 0 Å². The third kappa shape index (κ3) is 3.25. The maximum atomic E-state index is 8.94. The highest BCUT2D eigenvalue weighted by Crippen LogP contribution is 2.42. The Bertz CT molecular complexity index is 879. The molecule has 7 nitrogen and oxygen atoms in total. The molecule has 0 bridgehead atoms. The van der Waals surface area contributed by atoms with Gasteiger partial charge in [-0.05, 0) is 20.3 Å². The quantitative estimate of drug-likeness (QED) is 0.804. The highest BCUT2D eigenvalue weighted by molar-refractivity contribution is 6.30. The lowest BCUT2D eigenvalue weighted by atomic mass is 9.99. The van der Waals surface area contributed by atoms with E-state index in [1.165, 1.54) is 0 Å². The molecule has 0 aromatic carbocycles. The molecule has 0 saturated carbocycles. The van der Waals surface area contributed by atoms with Gasteiger partial charge in [0.25, 0.3) is 0 Å². The van der Waals surface area contributed by atoms with E-state index in [4.69, 9.17) is 27.3 Å². The van der Waals surface area contributed by atoms with Crippen molar-refractivity contribution in [3.05, 3.63) is 33.7 Å². The molecule has 2 aromatic rings. The van der Waals surface area contributed by atoms with Crippen molar-refractivity contribution in [2.45, 2.75) is 39.2 Å². The molecule has 0 spiro atoms. The molecule has 0 amide bonds. The van der Waals surface area contributed by atoms with Crippen LogP contribution in [-0.2, 0) is 6.54 Å². The van der Waals surface area contributed by atoms with Gasteiger partial charge >= 0.3 is 0 Å². The molecule has 1 aliphatic rings. The SMILES string of the molecule is COc1c(C)cnc(CN2CC(CCC#N)c3c(Cl)nc(N)nc32)c1C. The molecule has 26 heavy (non-hydrogen) atoms. The lowest BCUT2D eigenvalue weighted by Gasteiger charge is -2.21. The summed E-state index contributed by atoms with van der Waals surface area (Å²) in [4.78, 5) is 15.2. The van der Waals surface area contributed by atoms with Crippen molar-refractivity contribution in [1.82, 2.24) is 15.0 Å². The van der Waals surface area contributed by atoms with Crippen LogP contribution in [-0.4, -0.2) is 28.6 Å². The first-order chi connectivity index (χ1) is 12.5. The largest absolute Gasteiger partial charge is 0.496 e. The van der Waals surface area contributed by atoms with Crippen LogP contribution in [0.25, 0.3) is 0 Å². The zero-order chi connectivity index (χ0) is 18.8. The Morgan fingerprint density at radius 3 is 2.88 bits per heavy atom. The van der Waals surface area contributed by atoms with Gasteiger partial charge in [-0.25, -0.2) is 4.98 Å². The van der Waals surface area contributed by atoms with Crippen LogP contribution in [0.2, 0.25) is 5.15 Å². The monoisotopic (exact) mass is 372 g/mol. The summed E-state index contributed by atoms with van der Waals surface area (Å²) in [6.45, 7) is 5.23. The van der Waals surface area contributed by atoms with Gasteiger partial charge in [-0.3, -0.25) is 4.98 Å². The van der Waals surface area contributed by atoms with E-state index in [0.29, 0.717) is 31.1 Å². The molecule has 2 aromatic heterocycles. The Kier molecular flexibility index (Phi) is 5.14. The van der Waals surface area contributed by atoms with Crippen LogP contribution in [0.5, 0.6) is 5.75 Å². The van der Waals surface area contributed by atoms with Gasteiger partial charge < -0.3 is 15.4 Å². The summed E-state index contributed by atoms with van der Waals surface area (Å²) in [5, 5.41) is 9.30. The molecule has 0 saturated heterocycles. The number of aromatic nitrogens is 3. The van der Waals surface area contributed by atoms with Crippen molar-refractivity contribution < 1.29 is 4.74 Å². The van der Waals surface area contributed by atoms with E-state index in [-0.39, 0.29) is 11.9 Å². The number of aryl methyl sites for hydroxylation is 1. The van der Waals surface area contributed by atoms with Gasteiger partial charge in [0.1, 0.15) is 16.7 Å². The minimum Gasteiger partial charge on any atom is -0.496 e. The van der Waals surface area contributed by atoms with Crippen molar-refractivity contribution >= 4 is 23.4 Å². The van der Waals surface area contributed by atoms with Gasteiger partial charge in [0, 0.05) is 41.8 Å². The highest BCUT2D eigenvalue weighted by Gasteiger charge is 2.33. The van der Waals surface area contributed by atoms with Crippen LogP contribution in [0.4, 0.5) is 11.8 Å². The first kappa shape index (κ1) is 18.2. The van der Waals surface area contributed by atoms with Gasteiger partial charge in [-0.2, -0.15) is 10.2 Å². The smallest absolute Gasteiger partial charge is 0.223 e. The van der Waals surface area contributed by atoms with Crippen LogP contribution in [0.1, 0.15) is 41.1 Å². The zero-order valence-electron chi connectivity index (χ0n) is 15.1. The Hall–Kier alpha value is -2.59. The minimum atomic E-state index is 0.102. The molecule has 1 unspecified atom stereocenters.